The molecule has 0 saturated carbocycles. The molecule has 8 nitrogen and oxygen atoms in total. The van der Waals surface area contributed by atoms with Gasteiger partial charge >= 0.3 is 0 Å². The Morgan fingerprint density at radius 3 is 2.83 bits per heavy atom. The summed E-state index contributed by atoms with van der Waals surface area (Å²) in [6.07, 6.45) is 6.40. The summed E-state index contributed by atoms with van der Waals surface area (Å²) in [6, 6.07) is 4.95. The normalized spacial score (nSPS) is 10.3. The fourth-order valence-corrected chi connectivity index (χ4v) is 2.08. The van der Waals surface area contributed by atoms with Crippen LogP contribution in [0.15, 0.2) is 43.1 Å². The van der Waals surface area contributed by atoms with Gasteiger partial charge in [-0.1, -0.05) is 0 Å². The van der Waals surface area contributed by atoms with Crippen LogP contribution < -0.4 is 10.1 Å². The molecule has 23 heavy (non-hydrogen) atoms. The van der Waals surface area contributed by atoms with E-state index in [4.69, 9.17) is 4.74 Å². The van der Waals surface area contributed by atoms with Crippen molar-refractivity contribution in [1.29, 1.82) is 0 Å². The second-order valence-corrected chi connectivity index (χ2v) is 4.62. The van der Waals surface area contributed by atoms with Crippen LogP contribution in [0.25, 0.3) is 5.82 Å². The molecule has 116 valence electrons. The maximum atomic E-state index is 12.3. The second kappa shape index (κ2) is 6.22. The Hall–Kier alpha value is -3.29. The molecular formula is C15H14N6O2. The number of aryl methyl sites for hydroxylation is 1. The number of rotatable bonds is 4. The molecule has 3 heterocycles. The molecule has 0 spiro atoms. The summed E-state index contributed by atoms with van der Waals surface area (Å²) < 4.78 is 6.88. The van der Waals surface area contributed by atoms with Gasteiger partial charge in [0.2, 0.25) is 5.88 Å². The smallest absolute Gasteiger partial charge is 0.262 e. The number of pyridine rings is 1. The zero-order chi connectivity index (χ0) is 16.2. The summed E-state index contributed by atoms with van der Waals surface area (Å²) in [6.45, 7) is 1.86. The lowest BCUT2D eigenvalue weighted by atomic mass is 10.2. The Morgan fingerprint density at radius 2 is 2.09 bits per heavy atom. The van der Waals surface area contributed by atoms with Crippen molar-refractivity contribution in [3.8, 4) is 11.7 Å². The third-order valence-corrected chi connectivity index (χ3v) is 3.18. The third kappa shape index (κ3) is 3.00. The highest BCUT2D eigenvalue weighted by atomic mass is 16.5. The van der Waals surface area contributed by atoms with E-state index in [1.54, 1.807) is 41.4 Å². The fraction of sp³-hybridized carbons (Fsp3) is 0.133. The molecule has 0 unspecified atom stereocenters. The van der Waals surface area contributed by atoms with Gasteiger partial charge in [0.25, 0.3) is 5.91 Å². The second-order valence-electron chi connectivity index (χ2n) is 4.62. The van der Waals surface area contributed by atoms with Gasteiger partial charge in [-0.05, 0) is 19.1 Å². The number of amides is 1. The van der Waals surface area contributed by atoms with E-state index in [0.29, 0.717) is 17.2 Å². The number of methoxy groups -OCH3 is 1. The third-order valence-electron chi connectivity index (χ3n) is 3.18. The van der Waals surface area contributed by atoms with Gasteiger partial charge in [-0.15, -0.1) is 0 Å². The number of anilines is 1. The first-order chi connectivity index (χ1) is 11.2. The monoisotopic (exact) mass is 310 g/mol. The Morgan fingerprint density at radius 1 is 1.22 bits per heavy atom. The fourth-order valence-electron chi connectivity index (χ4n) is 2.08. The number of hydrogen-bond acceptors (Lipinski definition) is 6. The van der Waals surface area contributed by atoms with Gasteiger partial charge in [0.05, 0.1) is 7.11 Å². The van der Waals surface area contributed by atoms with Gasteiger partial charge in [-0.2, -0.15) is 0 Å². The molecule has 0 fully saturated rings. The lowest BCUT2D eigenvalue weighted by Crippen LogP contribution is -2.15. The molecule has 0 aromatic carbocycles. The van der Waals surface area contributed by atoms with Gasteiger partial charge in [0.1, 0.15) is 29.4 Å². The number of carbonyl (C=O) groups is 1. The van der Waals surface area contributed by atoms with E-state index in [-0.39, 0.29) is 11.8 Å². The Balaban J connectivity index is 1.86. The van der Waals surface area contributed by atoms with E-state index in [9.17, 15) is 4.79 Å². The molecule has 0 saturated heterocycles. The summed E-state index contributed by atoms with van der Waals surface area (Å²) in [4.78, 5) is 28.7. The van der Waals surface area contributed by atoms with Crippen LogP contribution in [-0.2, 0) is 0 Å². The molecule has 1 N–H and O–H groups in total. The Labute approximate surface area is 132 Å². The van der Waals surface area contributed by atoms with Crippen molar-refractivity contribution < 1.29 is 9.53 Å². The average molecular weight is 310 g/mol. The highest BCUT2D eigenvalue weighted by molar-refractivity contribution is 6.05. The van der Waals surface area contributed by atoms with Crippen molar-refractivity contribution in [3.63, 3.8) is 0 Å². The Bertz CT molecular complexity index is 845. The highest BCUT2D eigenvalue weighted by Gasteiger charge is 2.14. The minimum Gasteiger partial charge on any atom is -0.480 e. The summed E-state index contributed by atoms with van der Waals surface area (Å²) in [7, 11) is 1.46. The van der Waals surface area contributed by atoms with Gasteiger partial charge < -0.3 is 10.1 Å². The van der Waals surface area contributed by atoms with E-state index < -0.39 is 0 Å². The molecule has 0 atom stereocenters. The van der Waals surface area contributed by atoms with E-state index in [1.807, 2.05) is 6.92 Å². The van der Waals surface area contributed by atoms with Crippen LogP contribution in [0.1, 0.15) is 16.2 Å². The predicted octanol–water partition coefficient (Wildman–Crippen LogP) is 1.63. The molecule has 3 aromatic rings. The minimum absolute atomic E-state index is 0.254. The Kier molecular flexibility index (Phi) is 3.96. The van der Waals surface area contributed by atoms with Crippen molar-refractivity contribution in [1.82, 2.24) is 24.5 Å². The molecule has 0 aliphatic rings. The van der Waals surface area contributed by atoms with E-state index in [0.717, 1.165) is 5.82 Å². The molecule has 0 aliphatic carbocycles. The first-order valence-electron chi connectivity index (χ1n) is 6.82. The van der Waals surface area contributed by atoms with Gasteiger partial charge in [-0.25, -0.2) is 19.9 Å². The van der Waals surface area contributed by atoms with Crippen molar-refractivity contribution in [2.45, 2.75) is 6.92 Å². The van der Waals surface area contributed by atoms with Crippen molar-refractivity contribution in [2.24, 2.45) is 0 Å². The quantitative estimate of drug-likeness (QED) is 0.787. The highest BCUT2D eigenvalue weighted by Crippen LogP contribution is 2.16. The molecular weight excluding hydrogens is 296 g/mol. The topological polar surface area (TPSA) is 94.8 Å². The van der Waals surface area contributed by atoms with Gasteiger partial charge in [0.15, 0.2) is 0 Å². The number of nitrogens with one attached hydrogen (secondary N) is 1. The van der Waals surface area contributed by atoms with Gasteiger partial charge in [0, 0.05) is 24.7 Å². The summed E-state index contributed by atoms with van der Waals surface area (Å²) in [5, 5.41) is 2.71. The first kappa shape index (κ1) is 14.6. The van der Waals surface area contributed by atoms with Gasteiger partial charge in [-0.3, -0.25) is 9.36 Å². The summed E-state index contributed by atoms with van der Waals surface area (Å²) >= 11 is 0. The first-order valence-corrected chi connectivity index (χ1v) is 6.82. The minimum atomic E-state index is -0.359. The molecule has 0 bridgehead atoms. The van der Waals surface area contributed by atoms with Crippen LogP contribution in [0.3, 0.4) is 0 Å². The van der Waals surface area contributed by atoms with E-state index in [1.165, 1.54) is 13.4 Å². The maximum absolute atomic E-state index is 12.3. The molecule has 1 amide bonds. The molecule has 0 aliphatic heterocycles. The van der Waals surface area contributed by atoms with E-state index >= 15 is 0 Å². The number of hydrogen-bond donors (Lipinski definition) is 1. The number of carbonyl (C=O) groups excluding carboxylic acids is 1. The lowest BCUT2D eigenvalue weighted by molar-refractivity contribution is 0.102. The maximum Gasteiger partial charge on any atom is 0.262 e. The van der Waals surface area contributed by atoms with Crippen LogP contribution in [0.4, 0.5) is 5.82 Å². The lowest BCUT2D eigenvalue weighted by Gasteiger charge is -2.09. The molecule has 3 rings (SSSR count). The number of aromatic nitrogens is 5. The van der Waals surface area contributed by atoms with Crippen LogP contribution in [0.2, 0.25) is 0 Å². The van der Waals surface area contributed by atoms with Crippen molar-refractivity contribution in [2.75, 3.05) is 12.4 Å². The SMILES string of the molecule is COc1ncccc1C(=O)Nc1cc(-n2ccnc2C)ncn1. The molecule has 0 radical (unpaired) electrons. The summed E-state index contributed by atoms with van der Waals surface area (Å²) in [5.41, 5.74) is 0.328. The molecule has 3 aromatic heterocycles. The molecule has 8 heteroatoms. The zero-order valence-electron chi connectivity index (χ0n) is 12.6. The van der Waals surface area contributed by atoms with Crippen molar-refractivity contribution in [3.05, 3.63) is 54.5 Å². The van der Waals surface area contributed by atoms with Crippen LogP contribution in [0.5, 0.6) is 5.88 Å². The van der Waals surface area contributed by atoms with E-state index in [2.05, 4.69) is 25.3 Å². The van der Waals surface area contributed by atoms with Crippen LogP contribution in [-0.4, -0.2) is 37.5 Å². The number of imidazole rings is 1. The summed E-state index contributed by atoms with van der Waals surface area (Å²) in [5.74, 6) is 1.67. The largest absolute Gasteiger partial charge is 0.480 e. The number of ether oxygens (including phenoxy) is 1. The van der Waals surface area contributed by atoms with Crippen LogP contribution >= 0.6 is 0 Å². The standard InChI is InChI=1S/C15H14N6O2/c1-10-16-6-7-21(10)13-8-12(18-9-19-13)20-14(22)11-4-3-5-17-15(11)23-2/h3-9H,1-2H3,(H,18,19,20,22). The average Bonchev–Trinajstić information content (AvgIpc) is 3.01. The predicted molar refractivity (Wildman–Crippen MR) is 82.6 cm³/mol. The van der Waals surface area contributed by atoms with Crippen molar-refractivity contribution >= 4 is 11.7 Å². The zero-order valence-corrected chi connectivity index (χ0v) is 12.6. The number of nitrogens with zero attached hydrogens (tertiary/aromatic N) is 5. The van der Waals surface area contributed by atoms with Crippen LogP contribution in [0, 0.1) is 6.92 Å².